The van der Waals surface area contributed by atoms with E-state index < -0.39 is 5.97 Å². The predicted octanol–water partition coefficient (Wildman–Crippen LogP) is 4.60. The minimum Gasteiger partial charge on any atom is -0.457 e. The number of nitrogens with one attached hydrogen (secondary N) is 1. The molecule has 0 saturated carbocycles. The van der Waals surface area contributed by atoms with Crippen LogP contribution in [0.1, 0.15) is 31.8 Å². The molecule has 0 aliphatic rings. The molecule has 1 amide bonds. The van der Waals surface area contributed by atoms with Crippen LogP contribution in [0.2, 0.25) is 0 Å². The number of benzene rings is 3. The summed E-state index contributed by atoms with van der Waals surface area (Å²) in [5.74, 6) is -0.750. The molecule has 4 nitrogen and oxygen atoms in total. The summed E-state index contributed by atoms with van der Waals surface area (Å²) >= 11 is 0. The van der Waals surface area contributed by atoms with Gasteiger partial charge in [0.25, 0.3) is 5.91 Å². The van der Waals surface area contributed by atoms with Crippen LogP contribution in [0, 0.1) is 6.92 Å². The zero-order valence-corrected chi connectivity index (χ0v) is 14.4. The van der Waals surface area contributed by atoms with E-state index in [0.29, 0.717) is 16.8 Å². The highest BCUT2D eigenvalue weighted by atomic mass is 16.5. The summed E-state index contributed by atoms with van der Waals surface area (Å²) in [6.45, 7) is 2.17. The molecule has 1 N–H and O–H groups in total. The van der Waals surface area contributed by atoms with Crippen LogP contribution in [0.15, 0.2) is 78.9 Å². The van der Waals surface area contributed by atoms with E-state index in [1.165, 1.54) is 0 Å². The van der Waals surface area contributed by atoms with E-state index in [2.05, 4.69) is 5.32 Å². The molecule has 0 bridgehead atoms. The summed E-state index contributed by atoms with van der Waals surface area (Å²) in [7, 11) is 0. The van der Waals surface area contributed by atoms with Crippen LogP contribution >= 0.6 is 0 Å². The largest absolute Gasteiger partial charge is 0.457 e. The topological polar surface area (TPSA) is 55.4 Å². The smallest absolute Gasteiger partial charge is 0.340 e. The quantitative estimate of drug-likeness (QED) is 0.687. The van der Waals surface area contributed by atoms with Gasteiger partial charge in [-0.2, -0.15) is 0 Å². The van der Waals surface area contributed by atoms with Crippen molar-refractivity contribution in [2.24, 2.45) is 0 Å². The SMILES string of the molecule is Cc1cccc(COC(=O)c2ccccc2NC(=O)c2ccccc2)c1. The first-order valence-corrected chi connectivity index (χ1v) is 8.31. The molecule has 130 valence electrons. The van der Waals surface area contributed by atoms with Crippen LogP contribution in [0.4, 0.5) is 5.69 Å². The maximum Gasteiger partial charge on any atom is 0.340 e. The number of para-hydroxylation sites is 1. The second-order valence-electron chi connectivity index (χ2n) is 5.93. The second-order valence-corrected chi connectivity index (χ2v) is 5.93. The average molecular weight is 345 g/mol. The molecule has 3 aromatic rings. The average Bonchev–Trinajstić information content (AvgIpc) is 2.67. The van der Waals surface area contributed by atoms with Crippen LogP contribution in [0.3, 0.4) is 0 Å². The third-order valence-electron chi connectivity index (χ3n) is 3.88. The molecule has 0 aromatic heterocycles. The van der Waals surface area contributed by atoms with Gasteiger partial charge in [0.2, 0.25) is 0 Å². The summed E-state index contributed by atoms with van der Waals surface area (Å²) in [5.41, 5.74) is 3.30. The van der Waals surface area contributed by atoms with Crippen molar-refractivity contribution in [3.05, 3.63) is 101 Å². The molecular formula is C22H19NO3. The van der Waals surface area contributed by atoms with Crippen molar-refractivity contribution < 1.29 is 14.3 Å². The van der Waals surface area contributed by atoms with Crippen molar-refractivity contribution in [2.45, 2.75) is 13.5 Å². The van der Waals surface area contributed by atoms with Crippen molar-refractivity contribution >= 4 is 17.6 Å². The normalized spacial score (nSPS) is 10.2. The summed E-state index contributed by atoms with van der Waals surface area (Å²) < 4.78 is 5.41. The Morgan fingerprint density at radius 3 is 2.38 bits per heavy atom. The molecule has 3 rings (SSSR count). The molecule has 0 saturated heterocycles. The Kier molecular flexibility index (Phi) is 5.44. The molecule has 0 radical (unpaired) electrons. The maximum atomic E-state index is 12.5. The van der Waals surface area contributed by atoms with Gasteiger partial charge in [-0.15, -0.1) is 0 Å². The van der Waals surface area contributed by atoms with Crippen LogP contribution in [0.25, 0.3) is 0 Å². The van der Waals surface area contributed by atoms with Crippen LogP contribution in [-0.2, 0) is 11.3 Å². The van der Waals surface area contributed by atoms with Crippen molar-refractivity contribution in [1.29, 1.82) is 0 Å². The minimum atomic E-state index is -0.476. The summed E-state index contributed by atoms with van der Waals surface area (Å²) in [4.78, 5) is 24.8. The van der Waals surface area contributed by atoms with Crippen molar-refractivity contribution in [3.63, 3.8) is 0 Å². The Morgan fingerprint density at radius 2 is 1.62 bits per heavy atom. The number of amides is 1. The zero-order valence-electron chi connectivity index (χ0n) is 14.4. The van der Waals surface area contributed by atoms with E-state index in [1.807, 2.05) is 37.3 Å². The highest BCUT2D eigenvalue weighted by molar-refractivity contribution is 6.07. The second kappa shape index (κ2) is 8.12. The number of rotatable bonds is 5. The first kappa shape index (κ1) is 17.4. The van der Waals surface area contributed by atoms with Gasteiger partial charge in [0.1, 0.15) is 6.61 Å². The number of hydrogen-bond acceptors (Lipinski definition) is 3. The van der Waals surface area contributed by atoms with Gasteiger partial charge in [-0.05, 0) is 36.8 Å². The fourth-order valence-electron chi connectivity index (χ4n) is 2.58. The lowest BCUT2D eigenvalue weighted by Crippen LogP contribution is -2.15. The lowest BCUT2D eigenvalue weighted by Gasteiger charge is -2.11. The molecule has 0 fully saturated rings. The number of carbonyl (C=O) groups excluding carboxylic acids is 2. The number of ether oxygens (including phenoxy) is 1. The number of carbonyl (C=O) groups is 2. The van der Waals surface area contributed by atoms with Gasteiger partial charge >= 0.3 is 5.97 Å². The van der Waals surface area contributed by atoms with Gasteiger partial charge in [0, 0.05) is 5.56 Å². The standard InChI is InChI=1S/C22H19NO3/c1-16-8-7-9-17(14-16)15-26-22(25)19-12-5-6-13-20(19)23-21(24)18-10-3-2-4-11-18/h2-14H,15H2,1H3,(H,23,24). The van der Waals surface area contributed by atoms with E-state index in [0.717, 1.165) is 11.1 Å². The van der Waals surface area contributed by atoms with Gasteiger partial charge < -0.3 is 10.1 Å². The molecular weight excluding hydrogens is 326 g/mol. The molecule has 0 aliphatic carbocycles. The van der Waals surface area contributed by atoms with Gasteiger partial charge in [0.05, 0.1) is 11.3 Å². The maximum absolute atomic E-state index is 12.5. The van der Waals surface area contributed by atoms with E-state index in [-0.39, 0.29) is 12.5 Å². The Labute approximate surface area is 152 Å². The van der Waals surface area contributed by atoms with Gasteiger partial charge in [0.15, 0.2) is 0 Å². The van der Waals surface area contributed by atoms with Gasteiger partial charge in [-0.1, -0.05) is 60.2 Å². The first-order valence-electron chi connectivity index (χ1n) is 8.31. The number of anilines is 1. The first-order chi connectivity index (χ1) is 12.6. The number of hydrogen-bond donors (Lipinski definition) is 1. The molecule has 0 unspecified atom stereocenters. The third-order valence-corrected chi connectivity index (χ3v) is 3.88. The van der Waals surface area contributed by atoms with E-state index in [9.17, 15) is 9.59 Å². The Hall–Kier alpha value is -3.40. The molecule has 26 heavy (non-hydrogen) atoms. The Bertz CT molecular complexity index is 919. The Morgan fingerprint density at radius 1 is 0.885 bits per heavy atom. The molecule has 3 aromatic carbocycles. The molecule has 0 spiro atoms. The van der Waals surface area contributed by atoms with E-state index in [4.69, 9.17) is 4.74 Å². The van der Waals surface area contributed by atoms with Crippen LogP contribution < -0.4 is 5.32 Å². The van der Waals surface area contributed by atoms with Crippen molar-refractivity contribution in [3.8, 4) is 0 Å². The van der Waals surface area contributed by atoms with Gasteiger partial charge in [-0.3, -0.25) is 4.79 Å². The lowest BCUT2D eigenvalue weighted by atomic mass is 10.1. The molecule has 0 heterocycles. The zero-order chi connectivity index (χ0) is 18.4. The fourth-order valence-corrected chi connectivity index (χ4v) is 2.58. The molecule has 0 aliphatic heterocycles. The van der Waals surface area contributed by atoms with E-state index >= 15 is 0 Å². The summed E-state index contributed by atoms with van der Waals surface area (Å²) in [6, 6.07) is 23.5. The van der Waals surface area contributed by atoms with Crippen molar-refractivity contribution in [1.82, 2.24) is 0 Å². The summed E-state index contributed by atoms with van der Waals surface area (Å²) in [6.07, 6.45) is 0. The molecule has 0 atom stereocenters. The third kappa shape index (κ3) is 4.36. The number of aryl methyl sites for hydroxylation is 1. The molecule has 4 heteroatoms. The lowest BCUT2D eigenvalue weighted by molar-refractivity contribution is 0.0474. The highest BCUT2D eigenvalue weighted by Gasteiger charge is 2.15. The van der Waals surface area contributed by atoms with Crippen molar-refractivity contribution in [2.75, 3.05) is 5.32 Å². The van der Waals surface area contributed by atoms with Gasteiger partial charge in [-0.25, -0.2) is 4.79 Å². The Balaban J connectivity index is 1.72. The van der Waals surface area contributed by atoms with Crippen LogP contribution in [-0.4, -0.2) is 11.9 Å². The van der Waals surface area contributed by atoms with E-state index in [1.54, 1.807) is 48.5 Å². The summed E-state index contributed by atoms with van der Waals surface area (Å²) in [5, 5.41) is 2.78. The highest BCUT2D eigenvalue weighted by Crippen LogP contribution is 2.18. The fraction of sp³-hybridized carbons (Fsp3) is 0.0909. The predicted molar refractivity (Wildman–Crippen MR) is 101 cm³/mol. The number of esters is 1. The van der Waals surface area contributed by atoms with Crippen LogP contribution in [0.5, 0.6) is 0 Å². The minimum absolute atomic E-state index is 0.182. The monoisotopic (exact) mass is 345 g/mol.